The van der Waals surface area contributed by atoms with Crippen LogP contribution in [0, 0.1) is 6.92 Å². The SMILES string of the molecule is Cc1ccccc1-c1noc(CN2CCN(C(=O)c3ccn(-c4ccccc4Cl)n3)CC2)n1. The highest BCUT2D eigenvalue weighted by Crippen LogP contribution is 2.21. The number of aromatic nitrogens is 4. The zero-order valence-electron chi connectivity index (χ0n) is 18.2. The van der Waals surface area contributed by atoms with Crippen molar-refractivity contribution in [3.63, 3.8) is 0 Å². The number of amides is 1. The lowest BCUT2D eigenvalue weighted by molar-refractivity contribution is 0.0609. The standard InChI is InChI=1S/C24H23ClN6O2/c1-17-6-2-3-7-18(17)23-26-22(33-28-23)16-29-12-14-30(15-13-29)24(32)20-10-11-31(27-20)21-9-5-4-8-19(21)25/h2-11H,12-16H2,1H3. The van der Waals surface area contributed by atoms with Crippen molar-refractivity contribution in [2.24, 2.45) is 0 Å². The number of para-hydroxylation sites is 1. The topological polar surface area (TPSA) is 80.3 Å². The van der Waals surface area contributed by atoms with Crippen molar-refractivity contribution in [1.29, 1.82) is 0 Å². The fourth-order valence-electron chi connectivity index (χ4n) is 3.92. The molecule has 0 N–H and O–H groups in total. The van der Waals surface area contributed by atoms with E-state index >= 15 is 0 Å². The number of rotatable bonds is 5. The van der Waals surface area contributed by atoms with Gasteiger partial charge in [-0.05, 0) is 30.7 Å². The summed E-state index contributed by atoms with van der Waals surface area (Å²) in [5, 5.41) is 9.15. The Morgan fingerprint density at radius 3 is 2.58 bits per heavy atom. The predicted octanol–water partition coefficient (Wildman–Crippen LogP) is 3.84. The Labute approximate surface area is 196 Å². The molecule has 0 atom stereocenters. The molecule has 5 rings (SSSR count). The number of piperazine rings is 1. The van der Waals surface area contributed by atoms with Crippen LogP contribution in [0.2, 0.25) is 5.02 Å². The lowest BCUT2D eigenvalue weighted by Crippen LogP contribution is -2.48. The number of benzene rings is 2. The van der Waals surface area contributed by atoms with E-state index in [-0.39, 0.29) is 5.91 Å². The van der Waals surface area contributed by atoms with Crippen LogP contribution in [0.4, 0.5) is 0 Å². The average molecular weight is 463 g/mol. The highest BCUT2D eigenvalue weighted by Gasteiger charge is 2.25. The maximum atomic E-state index is 12.9. The first-order valence-corrected chi connectivity index (χ1v) is 11.2. The summed E-state index contributed by atoms with van der Waals surface area (Å²) in [5.74, 6) is 1.10. The lowest BCUT2D eigenvalue weighted by atomic mass is 10.1. The molecule has 8 nitrogen and oxygen atoms in total. The first kappa shape index (κ1) is 21.4. The molecule has 0 spiro atoms. The average Bonchev–Trinajstić information content (AvgIpc) is 3.50. The third kappa shape index (κ3) is 4.53. The third-order valence-electron chi connectivity index (χ3n) is 5.78. The summed E-state index contributed by atoms with van der Waals surface area (Å²) < 4.78 is 7.10. The van der Waals surface area contributed by atoms with Crippen LogP contribution in [0.15, 0.2) is 65.3 Å². The van der Waals surface area contributed by atoms with Crippen LogP contribution < -0.4 is 0 Å². The minimum atomic E-state index is -0.0833. The van der Waals surface area contributed by atoms with Crippen molar-refractivity contribution in [2.45, 2.75) is 13.5 Å². The molecule has 3 heterocycles. The van der Waals surface area contributed by atoms with Crippen LogP contribution in [-0.2, 0) is 6.54 Å². The lowest BCUT2D eigenvalue weighted by Gasteiger charge is -2.33. The second-order valence-electron chi connectivity index (χ2n) is 7.99. The van der Waals surface area contributed by atoms with Gasteiger partial charge in [-0.25, -0.2) is 4.68 Å². The predicted molar refractivity (Wildman–Crippen MR) is 124 cm³/mol. The van der Waals surface area contributed by atoms with Crippen molar-refractivity contribution in [1.82, 2.24) is 29.7 Å². The molecule has 2 aromatic carbocycles. The van der Waals surface area contributed by atoms with Crippen LogP contribution in [0.1, 0.15) is 21.9 Å². The Hall–Kier alpha value is -3.49. The summed E-state index contributed by atoms with van der Waals surface area (Å²) in [5.41, 5.74) is 3.23. The number of carbonyl (C=O) groups excluding carboxylic acids is 1. The van der Waals surface area contributed by atoms with Gasteiger partial charge in [0.1, 0.15) is 0 Å². The van der Waals surface area contributed by atoms with Crippen LogP contribution in [0.25, 0.3) is 17.1 Å². The first-order chi connectivity index (χ1) is 16.1. The number of carbonyl (C=O) groups is 1. The van der Waals surface area contributed by atoms with E-state index < -0.39 is 0 Å². The Balaban J connectivity index is 1.18. The van der Waals surface area contributed by atoms with Gasteiger partial charge in [0.15, 0.2) is 5.69 Å². The monoisotopic (exact) mass is 462 g/mol. The second kappa shape index (κ2) is 9.17. The van der Waals surface area contributed by atoms with Gasteiger partial charge in [-0.1, -0.05) is 53.2 Å². The number of hydrogen-bond donors (Lipinski definition) is 0. The molecule has 1 saturated heterocycles. The van der Waals surface area contributed by atoms with E-state index in [1.165, 1.54) is 0 Å². The van der Waals surface area contributed by atoms with Gasteiger partial charge in [0.2, 0.25) is 11.7 Å². The van der Waals surface area contributed by atoms with Crippen molar-refractivity contribution in [3.8, 4) is 17.1 Å². The van der Waals surface area contributed by atoms with E-state index in [1.54, 1.807) is 23.0 Å². The molecule has 9 heteroatoms. The molecule has 1 fully saturated rings. The van der Waals surface area contributed by atoms with Gasteiger partial charge in [-0.3, -0.25) is 9.69 Å². The molecule has 168 valence electrons. The van der Waals surface area contributed by atoms with Crippen LogP contribution in [0.5, 0.6) is 0 Å². The summed E-state index contributed by atoms with van der Waals surface area (Å²) in [4.78, 5) is 21.5. The van der Waals surface area contributed by atoms with E-state index in [0.29, 0.717) is 42.1 Å². The zero-order chi connectivity index (χ0) is 22.8. The molecule has 1 amide bonds. The Morgan fingerprint density at radius 2 is 1.79 bits per heavy atom. The molecule has 0 aliphatic carbocycles. The van der Waals surface area contributed by atoms with E-state index in [4.69, 9.17) is 16.1 Å². The van der Waals surface area contributed by atoms with Gasteiger partial charge < -0.3 is 9.42 Å². The highest BCUT2D eigenvalue weighted by molar-refractivity contribution is 6.32. The molecule has 2 aromatic heterocycles. The third-order valence-corrected chi connectivity index (χ3v) is 6.10. The van der Waals surface area contributed by atoms with Crippen molar-refractivity contribution in [2.75, 3.05) is 26.2 Å². The van der Waals surface area contributed by atoms with Gasteiger partial charge in [-0.2, -0.15) is 10.1 Å². The van der Waals surface area contributed by atoms with Crippen molar-refractivity contribution >= 4 is 17.5 Å². The number of nitrogens with zero attached hydrogens (tertiary/aromatic N) is 6. The minimum absolute atomic E-state index is 0.0833. The Morgan fingerprint density at radius 1 is 1.03 bits per heavy atom. The fourth-order valence-corrected chi connectivity index (χ4v) is 4.15. The smallest absolute Gasteiger partial charge is 0.274 e. The summed E-state index contributed by atoms with van der Waals surface area (Å²) >= 11 is 6.24. The first-order valence-electron chi connectivity index (χ1n) is 10.8. The van der Waals surface area contributed by atoms with Crippen molar-refractivity contribution < 1.29 is 9.32 Å². The molecule has 1 aliphatic rings. The molecule has 0 saturated carbocycles. The van der Waals surface area contributed by atoms with Crippen LogP contribution >= 0.6 is 11.6 Å². The van der Waals surface area contributed by atoms with Gasteiger partial charge in [-0.15, -0.1) is 0 Å². The van der Waals surface area contributed by atoms with Crippen LogP contribution in [-0.4, -0.2) is 61.8 Å². The largest absolute Gasteiger partial charge is 0.338 e. The quantitative estimate of drug-likeness (QED) is 0.448. The molecule has 0 bridgehead atoms. The minimum Gasteiger partial charge on any atom is -0.338 e. The van der Waals surface area contributed by atoms with Gasteiger partial charge >= 0.3 is 0 Å². The molecule has 1 aliphatic heterocycles. The molecule has 4 aromatic rings. The van der Waals surface area contributed by atoms with E-state index in [2.05, 4.69) is 20.1 Å². The molecular formula is C24H23ClN6O2. The zero-order valence-corrected chi connectivity index (χ0v) is 18.9. The summed E-state index contributed by atoms with van der Waals surface area (Å²) in [6.45, 7) is 5.24. The van der Waals surface area contributed by atoms with E-state index in [1.807, 2.05) is 54.3 Å². The molecule has 0 radical (unpaired) electrons. The fraction of sp³-hybridized carbons (Fsp3) is 0.250. The maximum absolute atomic E-state index is 12.9. The second-order valence-corrected chi connectivity index (χ2v) is 8.40. The Kier molecular flexibility index (Phi) is 5.93. The van der Waals surface area contributed by atoms with Gasteiger partial charge in [0.05, 0.1) is 17.3 Å². The number of halogens is 1. The summed E-state index contributed by atoms with van der Waals surface area (Å²) in [6.07, 6.45) is 1.76. The molecular weight excluding hydrogens is 440 g/mol. The normalized spacial score (nSPS) is 14.5. The van der Waals surface area contributed by atoms with Gasteiger partial charge in [0, 0.05) is 37.9 Å². The molecule has 33 heavy (non-hydrogen) atoms. The number of aryl methyl sites for hydroxylation is 1. The van der Waals surface area contributed by atoms with Gasteiger partial charge in [0.25, 0.3) is 5.91 Å². The molecule has 0 unspecified atom stereocenters. The highest BCUT2D eigenvalue weighted by atomic mass is 35.5. The van der Waals surface area contributed by atoms with E-state index in [9.17, 15) is 4.79 Å². The number of hydrogen-bond acceptors (Lipinski definition) is 6. The summed E-state index contributed by atoms with van der Waals surface area (Å²) in [7, 11) is 0. The maximum Gasteiger partial charge on any atom is 0.274 e. The Bertz CT molecular complexity index is 1280. The van der Waals surface area contributed by atoms with E-state index in [0.717, 1.165) is 29.9 Å². The van der Waals surface area contributed by atoms with Crippen molar-refractivity contribution in [3.05, 3.63) is 83.0 Å². The summed E-state index contributed by atoms with van der Waals surface area (Å²) in [6, 6.07) is 17.1. The van der Waals surface area contributed by atoms with Crippen LogP contribution in [0.3, 0.4) is 0 Å².